The van der Waals surface area contributed by atoms with E-state index < -0.39 is 23.6 Å². The van der Waals surface area contributed by atoms with Crippen molar-refractivity contribution in [3.63, 3.8) is 0 Å². The predicted molar refractivity (Wildman–Crippen MR) is 66.3 cm³/mol. The average molecular weight is 285 g/mol. The maximum absolute atomic E-state index is 13.2. The van der Waals surface area contributed by atoms with E-state index in [1.54, 1.807) is 25.1 Å². The molecule has 2 unspecified atom stereocenters. The van der Waals surface area contributed by atoms with E-state index in [-0.39, 0.29) is 12.0 Å². The first-order valence-electron chi connectivity index (χ1n) is 6.18. The Hall–Kier alpha value is -1.85. The molecule has 1 aromatic carbocycles. The Morgan fingerprint density at radius 2 is 2.05 bits per heavy atom. The SMILES string of the molecule is CCOC(=O)C1(C)C=c2ccccc2=NC1C(F)(F)F. The minimum Gasteiger partial charge on any atom is -0.465 e. The summed E-state index contributed by atoms with van der Waals surface area (Å²) in [6.45, 7) is 2.79. The Bertz CT molecular complexity index is 639. The van der Waals surface area contributed by atoms with Gasteiger partial charge in [0.15, 0.2) is 6.04 Å². The molecule has 0 amide bonds. The van der Waals surface area contributed by atoms with Crippen LogP contribution in [0.3, 0.4) is 0 Å². The van der Waals surface area contributed by atoms with Crippen molar-refractivity contribution in [2.75, 3.05) is 6.61 Å². The fourth-order valence-corrected chi connectivity index (χ4v) is 2.27. The lowest BCUT2D eigenvalue weighted by molar-refractivity contribution is -0.182. The highest BCUT2D eigenvalue weighted by Crippen LogP contribution is 2.39. The number of nitrogens with zero attached hydrogens (tertiary/aromatic N) is 1. The molecule has 0 saturated heterocycles. The first kappa shape index (κ1) is 14.6. The second kappa shape index (κ2) is 4.92. The van der Waals surface area contributed by atoms with Gasteiger partial charge in [-0.1, -0.05) is 24.3 Å². The Kier molecular flexibility index (Phi) is 3.58. The van der Waals surface area contributed by atoms with Crippen LogP contribution < -0.4 is 10.6 Å². The molecule has 2 rings (SSSR count). The Labute approximate surface area is 113 Å². The average Bonchev–Trinajstić information content (AvgIpc) is 2.37. The highest BCUT2D eigenvalue weighted by Gasteiger charge is 2.55. The molecule has 108 valence electrons. The minimum atomic E-state index is -4.62. The summed E-state index contributed by atoms with van der Waals surface area (Å²) >= 11 is 0. The van der Waals surface area contributed by atoms with Crippen LogP contribution in [0.5, 0.6) is 0 Å². The van der Waals surface area contributed by atoms with E-state index in [0.717, 1.165) is 0 Å². The van der Waals surface area contributed by atoms with Crippen molar-refractivity contribution in [3.05, 3.63) is 34.8 Å². The van der Waals surface area contributed by atoms with Crippen LogP contribution in [0.4, 0.5) is 13.2 Å². The lowest BCUT2D eigenvalue weighted by Gasteiger charge is -2.33. The number of carbonyl (C=O) groups is 1. The molecule has 20 heavy (non-hydrogen) atoms. The molecule has 6 heteroatoms. The molecule has 0 bridgehead atoms. The van der Waals surface area contributed by atoms with Gasteiger partial charge in [-0.2, -0.15) is 13.2 Å². The van der Waals surface area contributed by atoms with E-state index in [1.807, 2.05) is 0 Å². The highest BCUT2D eigenvalue weighted by molar-refractivity contribution is 5.85. The van der Waals surface area contributed by atoms with Gasteiger partial charge in [-0.25, -0.2) is 0 Å². The van der Waals surface area contributed by atoms with Crippen molar-refractivity contribution in [1.29, 1.82) is 0 Å². The lowest BCUT2D eigenvalue weighted by atomic mass is 9.79. The molecule has 1 heterocycles. The monoisotopic (exact) mass is 285 g/mol. The maximum atomic E-state index is 13.2. The van der Waals surface area contributed by atoms with Gasteiger partial charge in [-0.3, -0.25) is 9.79 Å². The molecule has 1 aliphatic rings. The van der Waals surface area contributed by atoms with Crippen LogP contribution in [-0.2, 0) is 9.53 Å². The first-order chi connectivity index (χ1) is 9.29. The number of hydrogen-bond acceptors (Lipinski definition) is 3. The second-order valence-electron chi connectivity index (χ2n) is 4.78. The standard InChI is InChI=1S/C14H14F3NO2/c1-3-20-12(19)13(2)8-9-6-4-5-7-10(9)18-11(13)14(15,16)17/h4-8,11H,3H2,1-2H3. The van der Waals surface area contributed by atoms with Gasteiger partial charge in [0.1, 0.15) is 5.41 Å². The van der Waals surface area contributed by atoms with Crippen molar-refractivity contribution in [2.24, 2.45) is 10.4 Å². The number of carbonyl (C=O) groups excluding carboxylic acids is 1. The summed E-state index contributed by atoms with van der Waals surface area (Å²) in [6.07, 6.45) is -3.32. The zero-order valence-electron chi connectivity index (χ0n) is 11.1. The number of para-hydroxylation sites is 1. The third kappa shape index (κ3) is 2.42. The molecule has 0 fully saturated rings. The number of hydrogen-bond donors (Lipinski definition) is 0. The summed E-state index contributed by atoms with van der Waals surface area (Å²) in [5.74, 6) is -0.916. The molecule has 2 atom stereocenters. The Morgan fingerprint density at radius 1 is 1.40 bits per heavy atom. The number of alkyl halides is 3. The van der Waals surface area contributed by atoms with Crippen LogP contribution in [0.25, 0.3) is 6.08 Å². The largest absolute Gasteiger partial charge is 0.465 e. The van der Waals surface area contributed by atoms with Gasteiger partial charge in [-0.05, 0) is 25.1 Å². The topological polar surface area (TPSA) is 38.7 Å². The van der Waals surface area contributed by atoms with Gasteiger partial charge >= 0.3 is 12.1 Å². The van der Waals surface area contributed by atoms with E-state index in [2.05, 4.69) is 4.99 Å². The highest BCUT2D eigenvalue weighted by atomic mass is 19.4. The Balaban J connectivity index is 2.65. The van der Waals surface area contributed by atoms with Gasteiger partial charge in [0, 0.05) is 0 Å². The third-order valence-electron chi connectivity index (χ3n) is 3.25. The molecular formula is C14H14F3NO2. The van der Waals surface area contributed by atoms with Gasteiger partial charge in [0.05, 0.1) is 12.0 Å². The number of ether oxygens (including phenoxy) is 1. The number of halogens is 3. The molecular weight excluding hydrogens is 271 g/mol. The molecule has 0 aliphatic carbocycles. The number of benzene rings is 1. The molecule has 0 spiro atoms. The molecule has 1 aliphatic heterocycles. The van der Waals surface area contributed by atoms with Crippen molar-refractivity contribution in [1.82, 2.24) is 0 Å². The molecule has 3 nitrogen and oxygen atoms in total. The minimum absolute atomic E-state index is 0.0223. The van der Waals surface area contributed by atoms with Crippen LogP contribution >= 0.6 is 0 Å². The van der Waals surface area contributed by atoms with Crippen molar-refractivity contribution in [3.8, 4) is 0 Å². The van der Waals surface area contributed by atoms with Crippen LogP contribution in [0.2, 0.25) is 0 Å². The van der Waals surface area contributed by atoms with Gasteiger partial charge in [0.2, 0.25) is 0 Å². The predicted octanol–water partition coefficient (Wildman–Crippen LogP) is 1.60. The normalized spacial score (nSPS) is 25.1. The molecule has 1 aromatic rings. The van der Waals surface area contributed by atoms with E-state index in [0.29, 0.717) is 5.22 Å². The molecule has 0 saturated carbocycles. The van der Waals surface area contributed by atoms with Gasteiger partial charge in [0.25, 0.3) is 0 Å². The quantitative estimate of drug-likeness (QED) is 0.774. The fraction of sp³-hybridized carbons (Fsp3) is 0.429. The zero-order valence-corrected chi connectivity index (χ0v) is 11.1. The maximum Gasteiger partial charge on any atom is 0.412 e. The summed E-state index contributed by atoms with van der Waals surface area (Å²) in [5.41, 5.74) is -1.84. The third-order valence-corrected chi connectivity index (χ3v) is 3.25. The summed E-state index contributed by atoms with van der Waals surface area (Å²) in [6, 6.07) is 4.28. The number of rotatable bonds is 2. The summed E-state index contributed by atoms with van der Waals surface area (Å²) < 4.78 is 44.4. The van der Waals surface area contributed by atoms with E-state index in [1.165, 1.54) is 19.1 Å². The summed E-state index contributed by atoms with van der Waals surface area (Å²) in [7, 11) is 0. The van der Waals surface area contributed by atoms with E-state index >= 15 is 0 Å². The van der Waals surface area contributed by atoms with Crippen LogP contribution in [0, 0.1) is 5.41 Å². The number of fused-ring (bicyclic) bond motifs is 1. The van der Waals surface area contributed by atoms with Crippen molar-refractivity contribution < 1.29 is 22.7 Å². The van der Waals surface area contributed by atoms with Gasteiger partial charge in [-0.15, -0.1) is 0 Å². The van der Waals surface area contributed by atoms with Gasteiger partial charge < -0.3 is 4.74 Å². The van der Waals surface area contributed by atoms with E-state index in [9.17, 15) is 18.0 Å². The van der Waals surface area contributed by atoms with Crippen molar-refractivity contribution in [2.45, 2.75) is 26.1 Å². The zero-order chi connectivity index (χ0) is 15.0. The van der Waals surface area contributed by atoms with E-state index in [4.69, 9.17) is 4.74 Å². The van der Waals surface area contributed by atoms with Crippen molar-refractivity contribution >= 4 is 12.0 Å². The fourth-order valence-electron chi connectivity index (χ4n) is 2.27. The molecule has 0 radical (unpaired) electrons. The van der Waals surface area contributed by atoms with Crippen LogP contribution in [0.1, 0.15) is 13.8 Å². The van der Waals surface area contributed by atoms with Crippen LogP contribution in [0.15, 0.2) is 29.3 Å². The Morgan fingerprint density at radius 3 is 2.65 bits per heavy atom. The number of esters is 1. The smallest absolute Gasteiger partial charge is 0.412 e. The summed E-state index contributed by atoms with van der Waals surface area (Å²) in [4.78, 5) is 15.7. The second-order valence-corrected chi connectivity index (χ2v) is 4.78. The molecule has 0 aromatic heterocycles. The lowest BCUT2D eigenvalue weighted by Crippen LogP contribution is -2.52. The molecule has 0 N–H and O–H groups in total. The first-order valence-corrected chi connectivity index (χ1v) is 6.18. The van der Waals surface area contributed by atoms with Crippen LogP contribution in [-0.4, -0.2) is 24.8 Å². The summed E-state index contributed by atoms with van der Waals surface area (Å²) in [5, 5.41) is 0.736.